The van der Waals surface area contributed by atoms with Gasteiger partial charge < -0.3 is 20.7 Å². The van der Waals surface area contributed by atoms with Crippen LogP contribution >= 0.6 is 0 Å². The molecule has 0 radical (unpaired) electrons. The Labute approximate surface area is 116 Å². The summed E-state index contributed by atoms with van der Waals surface area (Å²) in [5.41, 5.74) is 1.62. The van der Waals surface area contributed by atoms with Gasteiger partial charge in [0.05, 0.1) is 17.1 Å². The second-order valence-electron chi connectivity index (χ2n) is 5.13. The van der Waals surface area contributed by atoms with Gasteiger partial charge in [-0.1, -0.05) is 12.1 Å². The number of imidazole rings is 1. The van der Waals surface area contributed by atoms with E-state index in [0.717, 1.165) is 24.0 Å². The number of hydrogen-bond donors (Lipinski definition) is 4. The number of benzene rings is 1. The van der Waals surface area contributed by atoms with Gasteiger partial charge >= 0.3 is 0 Å². The average molecular weight is 274 g/mol. The summed E-state index contributed by atoms with van der Waals surface area (Å²) >= 11 is 0. The molecule has 1 aliphatic heterocycles. The van der Waals surface area contributed by atoms with Gasteiger partial charge in [0.15, 0.2) is 5.82 Å². The second kappa shape index (κ2) is 5.60. The zero-order valence-corrected chi connectivity index (χ0v) is 11.1. The number of fused-ring (bicyclic) bond motifs is 1. The lowest BCUT2D eigenvalue weighted by Crippen LogP contribution is -2.45. The molecule has 3 rings (SSSR count). The minimum atomic E-state index is -0.403. The summed E-state index contributed by atoms with van der Waals surface area (Å²) in [5, 5.41) is 15.8. The third-order valence-electron chi connectivity index (χ3n) is 3.72. The third-order valence-corrected chi connectivity index (χ3v) is 3.72. The van der Waals surface area contributed by atoms with Crippen molar-refractivity contribution in [2.45, 2.75) is 12.5 Å². The van der Waals surface area contributed by atoms with Crippen molar-refractivity contribution in [2.24, 2.45) is 5.92 Å². The maximum Gasteiger partial charge on any atom is 0.287 e. The molecule has 1 fully saturated rings. The Hall–Kier alpha value is -1.92. The number of aliphatic hydroxyl groups excluding tert-OH is 1. The zero-order chi connectivity index (χ0) is 13.9. The molecule has 6 heteroatoms. The molecule has 2 aromatic rings. The largest absolute Gasteiger partial charge is 0.391 e. The Morgan fingerprint density at radius 1 is 1.45 bits per heavy atom. The number of amides is 1. The first-order valence-corrected chi connectivity index (χ1v) is 6.86. The van der Waals surface area contributed by atoms with Crippen LogP contribution in [0.25, 0.3) is 11.0 Å². The predicted octanol–water partition coefficient (Wildman–Crippen LogP) is 0.263. The van der Waals surface area contributed by atoms with Crippen LogP contribution in [-0.2, 0) is 0 Å². The number of β-amino-alcohol motifs (C(OH)–C–C–N with tert-alkyl or cyclic N) is 1. The van der Waals surface area contributed by atoms with Gasteiger partial charge in [-0.3, -0.25) is 4.79 Å². The van der Waals surface area contributed by atoms with Crippen LogP contribution in [0.3, 0.4) is 0 Å². The van der Waals surface area contributed by atoms with Crippen LogP contribution in [0, 0.1) is 5.92 Å². The molecule has 0 bridgehead atoms. The third kappa shape index (κ3) is 2.66. The second-order valence-corrected chi connectivity index (χ2v) is 5.13. The highest BCUT2D eigenvalue weighted by Gasteiger charge is 2.23. The first kappa shape index (κ1) is 13.1. The number of aromatic amines is 1. The van der Waals surface area contributed by atoms with Gasteiger partial charge in [0.1, 0.15) is 0 Å². The molecule has 4 N–H and O–H groups in total. The standard InChI is InChI=1S/C14H18N4O2/c19-12-8-15-6-5-9(12)7-16-14(20)13-17-10-3-1-2-4-11(10)18-13/h1-4,9,12,15,19H,5-8H2,(H,16,20)(H,17,18)/t9-,12+/m0/s1. The number of aliphatic hydroxyl groups is 1. The molecule has 1 aliphatic rings. The lowest BCUT2D eigenvalue weighted by Gasteiger charge is -2.28. The van der Waals surface area contributed by atoms with Gasteiger partial charge in [-0.2, -0.15) is 0 Å². The highest BCUT2D eigenvalue weighted by Crippen LogP contribution is 2.12. The maximum atomic E-state index is 12.1. The number of para-hydroxylation sites is 2. The Balaban J connectivity index is 1.64. The van der Waals surface area contributed by atoms with E-state index >= 15 is 0 Å². The zero-order valence-electron chi connectivity index (χ0n) is 11.1. The summed E-state index contributed by atoms with van der Waals surface area (Å²) < 4.78 is 0. The van der Waals surface area contributed by atoms with Gasteiger partial charge in [-0.15, -0.1) is 0 Å². The van der Waals surface area contributed by atoms with E-state index in [1.165, 1.54) is 0 Å². The number of carbonyl (C=O) groups excluding carboxylic acids is 1. The molecule has 20 heavy (non-hydrogen) atoms. The normalized spacial score (nSPS) is 22.9. The molecule has 1 aromatic heterocycles. The van der Waals surface area contributed by atoms with Gasteiger partial charge in [0.2, 0.25) is 0 Å². The van der Waals surface area contributed by atoms with Crippen LogP contribution in [0.15, 0.2) is 24.3 Å². The van der Waals surface area contributed by atoms with E-state index in [1.807, 2.05) is 24.3 Å². The smallest absolute Gasteiger partial charge is 0.287 e. The lowest BCUT2D eigenvalue weighted by molar-refractivity contribution is 0.0749. The summed E-state index contributed by atoms with van der Waals surface area (Å²) in [6.07, 6.45) is 0.460. The topological polar surface area (TPSA) is 90.0 Å². The summed E-state index contributed by atoms with van der Waals surface area (Å²) in [6, 6.07) is 7.53. The molecular weight excluding hydrogens is 256 g/mol. The fraction of sp³-hybridized carbons (Fsp3) is 0.429. The van der Waals surface area contributed by atoms with Crippen LogP contribution in [0.2, 0.25) is 0 Å². The molecule has 106 valence electrons. The predicted molar refractivity (Wildman–Crippen MR) is 75.4 cm³/mol. The number of nitrogens with zero attached hydrogens (tertiary/aromatic N) is 1. The molecule has 0 spiro atoms. The van der Waals surface area contributed by atoms with Crippen LogP contribution in [-0.4, -0.2) is 46.7 Å². The molecule has 6 nitrogen and oxygen atoms in total. The molecule has 0 aliphatic carbocycles. The first-order valence-electron chi connectivity index (χ1n) is 6.86. The van der Waals surface area contributed by atoms with Crippen LogP contribution in [0.5, 0.6) is 0 Å². The quantitative estimate of drug-likeness (QED) is 0.646. The average Bonchev–Trinajstić information content (AvgIpc) is 2.90. The molecule has 0 saturated carbocycles. The number of nitrogens with one attached hydrogen (secondary N) is 3. The van der Waals surface area contributed by atoms with E-state index in [-0.39, 0.29) is 11.8 Å². The number of H-pyrrole nitrogens is 1. The van der Waals surface area contributed by atoms with E-state index in [4.69, 9.17) is 0 Å². The minimum absolute atomic E-state index is 0.101. The molecule has 1 aromatic carbocycles. The Morgan fingerprint density at radius 2 is 2.30 bits per heavy atom. The van der Waals surface area contributed by atoms with Gasteiger partial charge in [0.25, 0.3) is 5.91 Å². The fourth-order valence-corrected chi connectivity index (χ4v) is 2.50. The number of piperidine rings is 1. The van der Waals surface area contributed by atoms with Gasteiger partial charge in [-0.05, 0) is 25.1 Å². The molecule has 0 unspecified atom stereocenters. The molecule has 2 atom stereocenters. The summed E-state index contributed by atoms with van der Waals surface area (Å²) in [6.45, 7) is 1.94. The fourth-order valence-electron chi connectivity index (χ4n) is 2.50. The van der Waals surface area contributed by atoms with E-state index in [1.54, 1.807) is 0 Å². The van der Waals surface area contributed by atoms with Crippen molar-refractivity contribution in [1.29, 1.82) is 0 Å². The van der Waals surface area contributed by atoms with Crippen molar-refractivity contribution in [3.8, 4) is 0 Å². The Kier molecular flexibility index (Phi) is 3.66. The number of aromatic nitrogens is 2. The van der Waals surface area contributed by atoms with Crippen molar-refractivity contribution < 1.29 is 9.90 Å². The van der Waals surface area contributed by atoms with Crippen LogP contribution in [0.1, 0.15) is 17.0 Å². The summed E-state index contributed by atoms with van der Waals surface area (Å²) in [4.78, 5) is 19.3. The monoisotopic (exact) mass is 274 g/mol. The lowest BCUT2D eigenvalue weighted by atomic mass is 9.95. The van der Waals surface area contributed by atoms with Crippen molar-refractivity contribution in [3.05, 3.63) is 30.1 Å². The van der Waals surface area contributed by atoms with Crippen molar-refractivity contribution in [2.75, 3.05) is 19.6 Å². The summed E-state index contributed by atoms with van der Waals surface area (Å²) in [5.74, 6) is 0.186. The molecule has 1 saturated heterocycles. The van der Waals surface area contributed by atoms with Crippen LogP contribution < -0.4 is 10.6 Å². The van der Waals surface area contributed by atoms with Gasteiger partial charge in [-0.25, -0.2) is 4.98 Å². The molecular formula is C14H18N4O2. The first-order chi connectivity index (χ1) is 9.74. The van der Waals surface area contributed by atoms with Crippen LogP contribution in [0.4, 0.5) is 0 Å². The van der Waals surface area contributed by atoms with E-state index in [9.17, 15) is 9.90 Å². The Morgan fingerprint density at radius 3 is 3.10 bits per heavy atom. The van der Waals surface area contributed by atoms with Crippen molar-refractivity contribution in [1.82, 2.24) is 20.6 Å². The van der Waals surface area contributed by atoms with E-state index < -0.39 is 6.10 Å². The highest BCUT2D eigenvalue weighted by molar-refractivity contribution is 5.94. The highest BCUT2D eigenvalue weighted by atomic mass is 16.3. The van der Waals surface area contributed by atoms with Crippen molar-refractivity contribution in [3.63, 3.8) is 0 Å². The minimum Gasteiger partial charge on any atom is -0.391 e. The SMILES string of the molecule is O=C(NC[C@@H]1CCNC[C@H]1O)c1nc2ccccc2[nH]1. The van der Waals surface area contributed by atoms with Gasteiger partial charge in [0, 0.05) is 19.0 Å². The summed E-state index contributed by atoms with van der Waals surface area (Å²) in [7, 11) is 0. The number of hydrogen-bond acceptors (Lipinski definition) is 4. The molecule has 2 heterocycles. The Bertz CT molecular complexity index is 577. The van der Waals surface area contributed by atoms with Crippen molar-refractivity contribution >= 4 is 16.9 Å². The van der Waals surface area contributed by atoms with E-state index in [0.29, 0.717) is 18.9 Å². The number of rotatable bonds is 3. The van der Waals surface area contributed by atoms with E-state index in [2.05, 4.69) is 20.6 Å². The molecule has 1 amide bonds. The number of carbonyl (C=O) groups is 1. The maximum absolute atomic E-state index is 12.1.